The zero-order valence-corrected chi connectivity index (χ0v) is 21.2. The second-order valence-electron chi connectivity index (χ2n) is 9.20. The summed E-state index contributed by atoms with van der Waals surface area (Å²) in [6.45, 7) is 1.89. The average molecular weight is 549 g/mol. The first-order chi connectivity index (χ1) is 19.4. The lowest BCUT2D eigenvalue weighted by Crippen LogP contribution is -2.27. The molecule has 1 aliphatic heterocycles. The fraction of sp³-hybridized carbons (Fsp3) is 0.250. The lowest BCUT2D eigenvalue weighted by atomic mass is 10.1. The molecule has 0 aliphatic carbocycles. The lowest BCUT2D eigenvalue weighted by Gasteiger charge is -2.12. The molecule has 5 rings (SSSR count). The highest BCUT2D eigenvalue weighted by molar-refractivity contribution is 5.93. The number of benzene rings is 2. The van der Waals surface area contributed by atoms with Gasteiger partial charge in [0.2, 0.25) is 5.88 Å². The second-order valence-corrected chi connectivity index (χ2v) is 9.20. The minimum Gasteiger partial charge on any atom is -0.485 e. The average Bonchev–Trinajstić information content (AvgIpc) is 3.48. The Kier molecular flexibility index (Phi) is 7.97. The monoisotopic (exact) mass is 548 g/mol. The number of aromatic amines is 1. The number of aromatic carboxylic acids is 1. The van der Waals surface area contributed by atoms with Gasteiger partial charge in [-0.1, -0.05) is 12.1 Å². The van der Waals surface area contributed by atoms with Gasteiger partial charge < -0.3 is 29.6 Å². The first kappa shape index (κ1) is 26.8. The van der Waals surface area contributed by atoms with Crippen LogP contribution in [0.4, 0.5) is 4.39 Å². The molecular formula is C28H25FN4O7. The molecule has 0 bridgehead atoms. The van der Waals surface area contributed by atoms with Crippen LogP contribution < -0.4 is 20.3 Å². The van der Waals surface area contributed by atoms with Crippen LogP contribution >= 0.6 is 0 Å². The van der Waals surface area contributed by atoms with Crippen molar-refractivity contribution in [2.75, 3.05) is 19.8 Å². The highest BCUT2D eigenvalue weighted by atomic mass is 19.1. The number of carbonyl (C=O) groups is 2. The summed E-state index contributed by atoms with van der Waals surface area (Å²) >= 11 is 0. The van der Waals surface area contributed by atoms with Gasteiger partial charge in [0.15, 0.2) is 17.4 Å². The number of ether oxygens (including phenoxy) is 3. The minimum absolute atomic E-state index is 0.0713. The van der Waals surface area contributed by atoms with Gasteiger partial charge in [-0.3, -0.25) is 9.59 Å². The van der Waals surface area contributed by atoms with Crippen molar-refractivity contribution in [2.24, 2.45) is 5.92 Å². The van der Waals surface area contributed by atoms with Gasteiger partial charge in [0.25, 0.3) is 11.5 Å². The number of hydrogen-bond acceptors (Lipinski definition) is 8. The fourth-order valence-corrected chi connectivity index (χ4v) is 4.15. The third-order valence-corrected chi connectivity index (χ3v) is 6.32. The summed E-state index contributed by atoms with van der Waals surface area (Å²) in [4.78, 5) is 47.5. The smallest absolute Gasteiger partial charge is 0.335 e. The van der Waals surface area contributed by atoms with Gasteiger partial charge in [0, 0.05) is 31.3 Å². The molecule has 2 aromatic carbocycles. The predicted octanol–water partition coefficient (Wildman–Crippen LogP) is 3.08. The van der Waals surface area contributed by atoms with Gasteiger partial charge >= 0.3 is 5.97 Å². The highest BCUT2D eigenvalue weighted by Gasteiger charge is 2.19. The maximum atomic E-state index is 14.6. The molecule has 3 N–H and O–H groups in total. The van der Waals surface area contributed by atoms with Crippen molar-refractivity contribution in [3.05, 3.63) is 93.4 Å². The van der Waals surface area contributed by atoms with Gasteiger partial charge in [-0.05, 0) is 47.9 Å². The molecule has 1 saturated heterocycles. The molecule has 1 atom stereocenters. The van der Waals surface area contributed by atoms with Crippen LogP contribution in [0.15, 0.2) is 59.5 Å². The summed E-state index contributed by atoms with van der Waals surface area (Å²) < 4.78 is 31.3. The van der Waals surface area contributed by atoms with E-state index >= 15 is 0 Å². The number of pyridine rings is 1. The zero-order valence-electron chi connectivity index (χ0n) is 21.2. The zero-order chi connectivity index (χ0) is 28.1. The molecule has 1 aliphatic rings. The molecule has 11 nitrogen and oxygen atoms in total. The number of carboxylic acids is 1. The van der Waals surface area contributed by atoms with Crippen molar-refractivity contribution < 1.29 is 33.3 Å². The SMILES string of the molecule is O=C(O)c1ccc(COc2c(F)ccc3nc(C(=O)NCc4ccnc(OCC5CCOC5)c4)[nH]c(=O)c23)cc1. The lowest BCUT2D eigenvalue weighted by molar-refractivity contribution is 0.0696. The van der Waals surface area contributed by atoms with Crippen LogP contribution in [0.1, 0.15) is 38.5 Å². The predicted molar refractivity (Wildman–Crippen MR) is 140 cm³/mol. The molecule has 0 saturated carbocycles. The molecule has 4 aromatic rings. The van der Waals surface area contributed by atoms with Crippen molar-refractivity contribution in [1.29, 1.82) is 0 Å². The third kappa shape index (κ3) is 6.24. The van der Waals surface area contributed by atoms with Crippen LogP contribution in [0.25, 0.3) is 10.9 Å². The van der Waals surface area contributed by atoms with E-state index in [1.54, 1.807) is 18.3 Å². The summed E-state index contributed by atoms with van der Waals surface area (Å²) in [5.41, 5.74) is 0.722. The molecule has 2 aromatic heterocycles. The maximum Gasteiger partial charge on any atom is 0.335 e. The quantitative estimate of drug-likeness (QED) is 0.271. The number of fused-ring (bicyclic) bond motifs is 1. The molecule has 1 amide bonds. The van der Waals surface area contributed by atoms with Crippen molar-refractivity contribution in [2.45, 2.75) is 19.6 Å². The van der Waals surface area contributed by atoms with Gasteiger partial charge in [0.05, 0.1) is 24.3 Å². The van der Waals surface area contributed by atoms with E-state index in [0.29, 0.717) is 30.6 Å². The number of nitrogens with one attached hydrogen (secondary N) is 2. The molecule has 3 heterocycles. The highest BCUT2D eigenvalue weighted by Crippen LogP contribution is 2.26. The second kappa shape index (κ2) is 11.9. The van der Waals surface area contributed by atoms with Crippen LogP contribution in [0.5, 0.6) is 11.6 Å². The van der Waals surface area contributed by atoms with Crippen LogP contribution in [0.2, 0.25) is 0 Å². The first-order valence-corrected chi connectivity index (χ1v) is 12.5. The Labute approximate surface area is 226 Å². The normalized spacial score (nSPS) is 14.7. The minimum atomic E-state index is -1.07. The van der Waals surface area contributed by atoms with E-state index in [2.05, 4.69) is 20.3 Å². The molecule has 206 valence electrons. The maximum absolute atomic E-state index is 14.6. The Bertz CT molecular complexity index is 1600. The summed E-state index contributed by atoms with van der Waals surface area (Å²) in [6.07, 6.45) is 2.52. The fourth-order valence-electron chi connectivity index (χ4n) is 4.15. The van der Waals surface area contributed by atoms with Gasteiger partial charge in [-0.15, -0.1) is 0 Å². The van der Waals surface area contributed by atoms with E-state index in [0.717, 1.165) is 24.7 Å². The van der Waals surface area contributed by atoms with E-state index in [1.165, 1.54) is 30.3 Å². The Morgan fingerprint density at radius 1 is 1.12 bits per heavy atom. The van der Waals surface area contributed by atoms with E-state index in [9.17, 15) is 18.8 Å². The van der Waals surface area contributed by atoms with Crippen LogP contribution in [-0.4, -0.2) is 51.8 Å². The molecule has 12 heteroatoms. The van der Waals surface area contributed by atoms with E-state index in [4.69, 9.17) is 19.3 Å². The number of carbonyl (C=O) groups excluding carboxylic acids is 1. The topological polar surface area (TPSA) is 153 Å². The number of rotatable bonds is 10. The van der Waals surface area contributed by atoms with Crippen molar-refractivity contribution in [1.82, 2.24) is 20.3 Å². The number of aromatic nitrogens is 3. The molecule has 0 radical (unpaired) electrons. The summed E-state index contributed by atoms with van der Waals surface area (Å²) in [7, 11) is 0. The summed E-state index contributed by atoms with van der Waals surface area (Å²) in [5.74, 6) is -2.30. The van der Waals surface area contributed by atoms with Crippen molar-refractivity contribution in [3.63, 3.8) is 0 Å². The first-order valence-electron chi connectivity index (χ1n) is 12.5. The Morgan fingerprint density at radius 2 is 1.95 bits per heavy atom. The number of halogens is 1. The van der Waals surface area contributed by atoms with Crippen LogP contribution in [-0.2, 0) is 17.9 Å². The van der Waals surface area contributed by atoms with Crippen LogP contribution in [0, 0.1) is 11.7 Å². The van der Waals surface area contributed by atoms with E-state index in [1.807, 2.05) is 0 Å². The van der Waals surface area contributed by atoms with Crippen molar-refractivity contribution >= 4 is 22.8 Å². The number of amides is 1. The number of hydrogen-bond donors (Lipinski definition) is 3. The Morgan fingerprint density at radius 3 is 2.70 bits per heavy atom. The van der Waals surface area contributed by atoms with E-state index < -0.39 is 23.3 Å². The largest absolute Gasteiger partial charge is 0.485 e. The third-order valence-electron chi connectivity index (χ3n) is 6.32. The molecule has 1 fully saturated rings. The Hall–Kier alpha value is -4.84. The standard InChI is InChI=1S/C28H25FN4O7/c29-20-5-6-21-23(24(20)40-14-16-1-3-19(4-2-16)28(36)37)26(34)33-25(32-21)27(35)31-12-17-7-9-30-22(11-17)39-15-18-8-10-38-13-18/h1-7,9,11,18H,8,10,12-15H2,(H,31,35)(H,36,37)(H,32,33,34). The summed E-state index contributed by atoms with van der Waals surface area (Å²) in [5, 5.41) is 11.6. The van der Waals surface area contributed by atoms with Gasteiger partial charge in [-0.2, -0.15) is 0 Å². The molecule has 40 heavy (non-hydrogen) atoms. The summed E-state index contributed by atoms with van der Waals surface area (Å²) in [6, 6.07) is 11.7. The molecule has 0 spiro atoms. The van der Waals surface area contributed by atoms with Crippen LogP contribution in [0.3, 0.4) is 0 Å². The van der Waals surface area contributed by atoms with Crippen molar-refractivity contribution in [3.8, 4) is 11.6 Å². The van der Waals surface area contributed by atoms with E-state index in [-0.39, 0.29) is 41.2 Å². The number of H-pyrrole nitrogens is 1. The Balaban J connectivity index is 1.26. The molecular weight excluding hydrogens is 523 g/mol. The van der Waals surface area contributed by atoms with Gasteiger partial charge in [0.1, 0.15) is 12.0 Å². The number of nitrogens with zero attached hydrogens (tertiary/aromatic N) is 2. The number of carboxylic acid groups (broad SMARTS) is 1. The molecule has 1 unspecified atom stereocenters. The van der Waals surface area contributed by atoms with Gasteiger partial charge in [-0.25, -0.2) is 19.2 Å².